The van der Waals surface area contributed by atoms with Gasteiger partial charge in [0.05, 0.1) is 13.2 Å². The Morgan fingerprint density at radius 1 is 1.05 bits per heavy atom. The molecular weight excluding hydrogens is 280 g/mol. The number of nitrogens with one attached hydrogen (secondary N) is 1. The minimum atomic E-state index is -0.711. The van der Waals surface area contributed by atoms with Crippen LogP contribution in [0.1, 0.15) is 18.0 Å². The predicted molar refractivity (Wildman–Crippen MR) is 84.0 cm³/mol. The highest BCUT2D eigenvalue weighted by Gasteiger charge is 2.17. The van der Waals surface area contributed by atoms with E-state index in [9.17, 15) is 4.79 Å². The lowest BCUT2D eigenvalue weighted by Gasteiger charge is -2.14. The molecule has 1 unspecified atom stereocenters. The molecule has 0 radical (unpaired) electrons. The van der Waals surface area contributed by atoms with Crippen molar-refractivity contribution in [2.45, 2.75) is 12.5 Å². The lowest BCUT2D eigenvalue weighted by molar-refractivity contribution is -0.117. The molecule has 0 fully saturated rings. The number of fused-ring (bicyclic) bond motifs is 1. The molecular formula is C17H18N2O3. The Labute approximate surface area is 129 Å². The van der Waals surface area contributed by atoms with Gasteiger partial charge in [0.25, 0.3) is 0 Å². The van der Waals surface area contributed by atoms with Gasteiger partial charge in [-0.1, -0.05) is 30.3 Å². The van der Waals surface area contributed by atoms with Crippen LogP contribution in [0.25, 0.3) is 0 Å². The van der Waals surface area contributed by atoms with Gasteiger partial charge in [0.15, 0.2) is 11.5 Å². The van der Waals surface area contributed by atoms with Gasteiger partial charge in [-0.2, -0.15) is 0 Å². The summed E-state index contributed by atoms with van der Waals surface area (Å²) in [5, 5.41) is 2.81. The van der Waals surface area contributed by atoms with E-state index in [1.165, 1.54) is 0 Å². The molecule has 0 saturated heterocycles. The third-order valence-corrected chi connectivity index (χ3v) is 3.46. The zero-order valence-corrected chi connectivity index (χ0v) is 12.1. The molecule has 3 N–H and O–H groups in total. The number of hydrogen-bond acceptors (Lipinski definition) is 4. The van der Waals surface area contributed by atoms with Gasteiger partial charge in [0.2, 0.25) is 5.91 Å². The third-order valence-electron chi connectivity index (χ3n) is 3.46. The van der Waals surface area contributed by atoms with Gasteiger partial charge in [0, 0.05) is 18.2 Å². The van der Waals surface area contributed by atoms with Gasteiger partial charge in [-0.3, -0.25) is 4.79 Å². The number of anilines is 1. The van der Waals surface area contributed by atoms with Crippen LogP contribution in [0.15, 0.2) is 48.5 Å². The number of benzene rings is 2. The van der Waals surface area contributed by atoms with Crippen LogP contribution in [0.4, 0.5) is 5.69 Å². The second-order valence-electron chi connectivity index (χ2n) is 5.09. The molecule has 1 amide bonds. The maximum absolute atomic E-state index is 12.2. The highest BCUT2D eigenvalue weighted by Crippen LogP contribution is 2.32. The van der Waals surface area contributed by atoms with Crippen molar-refractivity contribution in [1.82, 2.24) is 0 Å². The van der Waals surface area contributed by atoms with E-state index in [-0.39, 0.29) is 5.91 Å². The average molecular weight is 298 g/mol. The summed E-state index contributed by atoms with van der Waals surface area (Å²) in [5.41, 5.74) is 7.39. The topological polar surface area (TPSA) is 73.6 Å². The first-order valence-electron chi connectivity index (χ1n) is 7.25. The molecule has 3 rings (SSSR count). The number of hydrogen-bond donors (Lipinski definition) is 2. The second kappa shape index (κ2) is 6.49. The van der Waals surface area contributed by atoms with Gasteiger partial charge < -0.3 is 20.5 Å². The molecule has 0 aliphatic carbocycles. The molecule has 1 atom stereocenters. The fraction of sp³-hybridized carbons (Fsp3) is 0.235. The number of rotatable bonds is 3. The van der Waals surface area contributed by atoms with Gasteiger partial charge >= 0.3 is 0 Å². The summed E-state index contributed by atoms with van der Waals surface area (Å²) in [5.74, 6) is 1.08. The Morgan fingerprint density at radius 2 is 1.77 bits per heavy atom. The number of nitrogens with two attached hydrogens (primary N) is 1. The van der Waals surface area contributed by atoms with E-state index in [2.05, 4.69) is 5.32 Å². The monoisotopic (exact) mass is 298 g/mol. The Balaban J connectivity index is 1.73. The van der Waals surface area contributed by atoms with Crippen molar-refractivity contribution in [3.05, 3.63) is 54.1 Å². The summed E-state index contributed by atoms with van der Waals surface area (Å²) >= 11 is 0. The van der Waals surface area contributed by atoms with E-state index in [4.69, 9.17) is 15.2 Å². The molecule has 5 nitrogen and oxygen atoms in total. The Morgan fingerprint density at radius 3 is 2.55 bits per heavy atom. The van der Waals surface area contributed by atoms with E-state index in [0.29, 0.717) is 30.4 Å². The van der Waals surface area contributed by atoms with Crippen molar-refractivity contribution in [2.75, 3.05) is 18.5 Å². The molecule has 2 aromatic rings. The summed E-state index contributed by atoms with van der Waals surface area (Å²) < 4.78 is 11.2. The number of carbonyl (C=O) groups excluding carboxylic acids is 1. The summed E-state index contributed by atoms with van der Waals surface area (Å²) in [6.07, 6.45) is 0.843. The molecule has 114 valence electrons. The first kappa shape index (κ1) is 14.4. The largest absolute Gasteiger partial charge is 0.490 e. The van der Waals surface area contributed by atoms with E-state index < -0.39 is 6.04 Å². The highest BCUT2D eigenvalue weighted by molar-refractivity contribution is 5.95. The van der Waals surface area contributed by atoms with E-state index in [1.54, 1.807) is 18.2 Å². The SMILES string of the molecule is NC(C(=O)Nc1ccc2c(c1)OCCCO2)c1ccccc1. The molecule has 0 bridgehead atoms. The van der Waals surface area contributed by atoms with Crippen LogP contribution < -0.4 is 20.5 Å². The van der Waals surface area contributed by atoms with Crippen molar-refractivity contribution in [1.29, 1.82) is 0 Å². The van der Waals surface area contributed by atoms with Crippen molar-refractivity contribution in [2.24, 2.45) is 5.73 Å². The van der Waals surface area contributed by atoms with E-state index in [1.807, 2.05) is 30.3 Å². The quantitative estimate of drug-likeness (QED) is 0.913. The number of ether oxygens (including phenoxy) is 2. The first-order valence-corrected chi connectivity index (χ1v) is 7.25. The van der Waals surface area contributed by atoms with Crippen LogP contribution in [0, 0.1) is 0 Å². The summed E-state index contributed by atoms with van der Waals surface area (Å²) in [6.45, 7) is 1.24. The van der Waals surface area contributed by atoms with Crippen molar-refractivity contribution >= 4 is 11.6 Å². The van der Waals surface area contributed by atoms with E-state index in [0.717, 1.165) is 12.0 Å². The molecule has 1 aliphatic rings. The fourth-order valence-electron chi connectivity index (χ4n) is 2.27. The highest BCUT2D eigenvalue weighted by atomic mass is 16.5. The van der Waals surface area contributed by atoms with Crippen LogP contribution in [-0.2, 0) is 4.79 Å². The molecule has 2 aromatic carbocycles. The van der Waals surface area contributed by atoms with Crippen LogP contribution in [-0.4, -0.2) is 19.1 Å². The van der Waals surface area contributed by atoms with Crippen LogP contribution in [0.5, 0.6) is 11.5 Å². The number of carbonyl (C=O) groups is 1. The Kier molecular flexibility index (Phi) is 4.25. The van der Waals surface area contributed by atoms with Crippen LogP contribution in [0.3, 0.4) is 0 Å². The Hall–Kier alpha value is -2.53. The van der Waals surface area contributed by atoms with Crippen LogP contribution >= 0.6 is 0 Å². The second-order valence-corrected chi connectivity index (χ2v) is 5.09. The van der Waals surface area contributed by atoms with Crippen LogP contribution in [0.2, 0.25) is 0 Å². The molecule has 1 aliphatic heterocycles. The lowest BCUT2D eigenvalue weighted by Crippen LogP contribution is -2.27. The van der Waals surface area contributed by atoms with Crippen molar-refractivity contribution < 1.29 is 14.3 Å². The zero-order chi connectivity index (χ0) is 15.4. The lowest BCUT2D eigenvalue weighted by atomic mass is 10.1. The minimum absolute atomic E-state index is 0.263. The normalized spacial score (nSPS) is 14.8. The summed E-state index contributed by atoms with van der Waals surface area (Å²) in [6, 6.07) is 13.9. The maximum Gasteiger partial charge on any atom is 0.245 e. The standard InChI is InChI=1S/C17H18N2O3/c18-16(12-5-2-1-3-6-12)17(20)19-13-7-8-14-15(11-13)22-10-4-9-21-14/h1-3,5-8,11,16H,4,9-10,18H2,(H,19,20). The van der Waals surface area contributed by atoms with Gasteiger partial charge in [-0.25, -0.2) is 0 Å². The van der Waals surface area contributed by atoms with E-state index >= 15 is 0 Å². The van der Waals surface area contributed by atoms with Gasteiger partial charge in [0.1, 0.15) is 6.04 Å². The van der Waals surface area contributed by atoms with Crippen molar-refractivity contribution in [3.8, 4) is 11.5 Å². The maximum atomic E-state index is 12.2. The summed E-state index contributed by atoms with van der Waals surface area (Å²) in [7, 11) is 0. The molecule has 0 spiro atoms. The summed E-state index contributed by atoms with van der Waals surface area (Å²) in [4.78, 5) is 12.2. The van der Waals surface area contributed by atoms with Gasteiger partial charge in [-0.05, 0) is 17.7 Å². The van der Waals surface area contributed by atoms with Gasteiger partial charge in [-0.15, -0.1) is 0 Å². The average Bonchev–Trinajstić information content (AvgIpc) is 2.79. The molecule has 0 saturated carbocycles. The Bertz CT molecular complexity index is 658. The molecule has 5 heteroatoms. The minimum Gasteiger partial charge on any atom is -0.490 e. The smallest absolute Gasteiger partial charge is 0.245 e. The molecule has 1 heterocycles. The third kappa shape index (κ3) is 3.20. The fourth-order valence-corrected chi connectivity index (χ4v) is 2.27. The molecule has 0 aromatic heterocycles. The molecule has 22 heavy (non-hydrogen) atoms. The number of amides is 1. The zero-order valence-electron chi connectivity index (χ0n) is 12.1. The van der Waals surface area contributed by atoms with Crippen molar-refractivity contribution in [3.63, 3.8) is 0 Å². The predicted octanol–water partition coefficient (Wildman–Crippen LogP) is 2.49. The first-order chi connectivity index (χ1) is 10.7.